The van der Waals surface area contributed by atoms with E-state index >= 15 is 4.39 Å². The van der Waals surface area contributed by atoms with E-state index < -0.39 is 17.8 Å². The number of nitrogen functional groups attached to an aromatic ring is 1. The van der Waals surface area contributed by atoms with Gasteiger partial charge in [-0.05, 0) is 55.7 Å². The van der Waals surface area contributed by atoms with Crippen molar-refractivity contribution >= 4 is 34.4 Å². The molecule has 1 unspecified atom stereocenters. The lowest BCUT2D eigenvalue weighted by Gasteiger charge is -2.32. The van der Waals surface area contributed by atoms with Crippen LogP contribution >= 0.6 is 0 Å². The zero-order valence-electron chi connectivity index (χ0n) is 24.9. The van der Waals surface area contributed by atoms with Gasteiger partial charge in [0, 0.05) is 43.4 Å². The van der Waals surface area contributed by atoms with Gasteiger partial charge in [0.15, 0.2) is 11.5 Å². The van der Waals surface area contributed by atoms with Gasteiger partial charge in [-0.25, -0.2) is 19.0 Å². The van der Waals surface area contributed by atoms with Crippen molar-refractivity contribution in [1.82, 2.24) is 34.9 Å². The van der Waals surface area contributed by atoms with Gasteiger partial charge in [-0.15, -0.1) is 0 Å². The van der Waals surface area contributed by atoms with Gasteiger partial charge in [0.05, 0.1) is 23.3 Å². The molecule has 2 aliphatic heterocycles. The number of likely N-dealkylation sites (tertiary alicyclic amines) is 1. The number of fused-ring (bicyclic) bond motifs is 1. The first-order valence-electron chi connectivity index (χ1n) is 15.2. The summed E-state index contributed by atoms with van der Waals surface area (Å²) in [7, 11) is 0. The molecule has 2 aromatic carbocycles. The van der Waals surface area contributed by atoms with Crippen LogP contribution in [0.4, 0.5) is 15.9 Å². The van der Waals surface area contributed by atoms with Crippen molar-refractivity contribution in [3.63, 3.8) is 0 Å². The summed E-state index contributed by atoms with van der Waals surface area (Å²) >= 11 is 0. The lowest BCUT2D eigenvalue weighted by Crippen LogP contribution is -2.47. The van der Waals surface area contributed by atoms with E-state index in [-0.39, 0.29) is 24.1 Å². The zero-order valence-corrected chi connectivity index (χ0v) is 24.9. The summed E-state index contributed by atoms with van der Waals surface area (Å²) in [6.45, 7) is 1.78. The molecule has 0 spiro atoms. The van der Waals surface area contributed by atoms with Crippen molar-refractivity contribution < 1.29 is 18.7 Å². The zero-order chi connectivity index (χ0) is 31.6. The fourth-order valence-corrected chi connectivity index (χ4v) is 6.04. The molecule has 2 fully saturated rings. The van der Waals surface area contributed by atoms with E-state index in [1.54, 1.807) is 0 Å². The topological polar surface area (TPSA) is 153 Å². The molecule has 5 aromatic rings. The van der Waals surface area contributed by atoms with Crippen LogP contribution in [0.5, 0.6) is 11.5 Å². The van der Waals surface area contributed by atoms with Crippen LogP contribution in [0.1, 0.15) is 37.3 Å². The fourth-order valence-electron chi connectivity index (χ4n) is 6.04. The van der Waals surface area contributed by atoms with Crippen molar-refractivity contribution in [3.8, 4) is 22.8 Å². The largest absolute Gasteiger partial charge is 0.457 e. The highest BCUT2D eigenvalue weighted by Crippen LogP contribution is 2.35. The Bertz CT molecular complexity index is 1890. The Morgan fingerprint density at radius 1 is 0.978 bits per heavy atom. The summed E-state index contributed by atoms with van der Waals surface area (Å²) in [6.07, 6.45) is 6.38. The molecule has 234 valence electrons. The van der Waals surface area contributed by atoms with Gasteiger partial charge in [0.1, 0.15) is 35.4 Å². The fraction of sp³-hybridized carbons (Fsp3) is 0.273. The van der Waals surface area contributed by atoms with Crippen LogP contribution < -0.4 is 21.1 Å². The molecule has 7 rings (SSSR count). The van der Waals surface area contributed by atoms with Crippen LogP contribution in [0.15, 0.2) is 73.3 Å². The van der Waals surface area contributed by atoms with Crippen LogP contribution in [0.3, 0.4) is 0 Å². The number of ether oxygens (including phenoxy) is 1. The Balaban J connectivity index is 1.05. The Labute approximate surface area is 263 Å². The van der Waals surface area contributed by atoms with E-state index in [9.17, 15) is 9.59 Å². The number of anilines is 2. The average molecular weight is 622 g/mol. The van der Waals surface area contributed by atoms with E-state index in [0.29, 0.717) is 59.9 Å². The van der Waals surface area contributed by atoms with E-state index in [4.69, 9.17) is 15.6 Å². The number of amides is 2. The van der Waals surface area contributed by atoms with E-state index in [0.717, 1.165) is 24.2 Å². The minimum atomic E-state index is -0.688. The molecule has 0 aliphatic carbocycles. The quantitative estimate of drug-likeness (QED) is 0.212. The minimum absolute atomic E-state index is 0.0611. The molecular formula is C33H32FN9O3. The molecule has 5 heterocycles. The second kappa shape index (κ2) is 12.5. The average Bonchev–Trinajstić information content (AvgIpc) is 3.46. The number of imide groups is 1. The second-order valence-electron chi connectivity index (χ2n) is 11.5. The number of aromatic nitrogens is 5. The number of pyridine rings is 1. The first kappa shape index (κ1) is 29.3. The number of nitrogens with zero attached hydrogens (tertiary/aromatic N) is 6. The Hall–Kier alpha value is -5.43. The molecule has 3 aromatic heterocycles. The van der Waals surface area contributed by atoms with E-state index in [1.807, 2.05) is 59.3 Å². The first-order chi connectivity index (χ1) is 22.4. The van der Waals surface area contributed by atoms with E-state index in [1.165, 1.54) is 18.7 Å². The highest BCUT2D eigenvalue weighted by molar-refractivity contribution is 6.01. The maximum atomic E-state index is 15.5. The lowest BCUT2D eigenvalue weighted by atomic mass is 10.0. The summed E-state index contributed by atoms with van der Waals surface area (Å²) in [5, 5.41) is 10.9. The number of benzene rings is 2. The lowest BCUT2D eigenvalue weighted by molar-refractivity contribution is -0.133. The van der Waals surface area contributed by atoms with Gasteiger partial charge >= 0.3 is 0 Å². The van der Waals surface area contributed by atoms with Gasteiger partial charge in [-0.2, -0.15) is 5.10 Å². The number of carbonyl (C=O) groups is 2. The third-order valence-electron chi connectivity index (χ3n) is 8.44. The predicted octanol–water partition coefficient (Wildman–Crippen LogP) is 4.46. The molecule has 13 heteroatoms. The highest BCUT2D eigenvalue weighted by Gasteiger charge is 2.29. The van der Waals surface area contributed by atoms with Crippen LogP contribution in [0, 0.1) is 5.82 Å². The predicted molar refractivity (Wildman–Crippen MR) is 169 cm³/mol. The third kappa shape index (κ3) is 5.96. The van der Waals surface area contributed by atoms with Crippen LogP contribution in [0.2, 0.25) is 0 Å². The molecule has 0 saturated carbocycles. The van der Waals surface area contributed by atoms with Gasteiger partial charge in [-0.3, -0.25) is 24.8 Å². The number of para-hydroxylation sites is 1. The molecular weight excluding hydrogens is 589 g/mol. The number of nitrogens with two attached hydrogens (primary N) is 1. The molecule has 46 heavy (non-hydrogen) atoms. The Morgan fingerprint density at radius 3 is 2.50 bits per heavy atom. The highest BCUT2D eigenvalue weighted by atomic mass is 19.1. The van der Waals surface area contributed by atoms with Crippen molar-refractivity contribution in [2.45, 2.75) is 44.3 Å². The molecule has 0 bridgehead atoms. The standard InChI is InChI=1S/C33H32FN9O3/c34-29-21(16-36-17-26(29)39-25-10-11-27(44)40-33(25)45)18-42-14-12-22(13-15-42)43-32-28(31(35)37-19-38-32)30(41-43)20-6-8-24(9-7-20)46-23-4-2-1-3-5-23/h1-9,16-17,19,22,25,39H,10-15,18H2,(H2,35,37,38)(H,40,44,45). The summed E-state index contributed by atoms with van der Waals surface area (Å²) in [4.78, 5) is 38.8. The molecule has 4 N–H and O–H groups in total. The van der Waals surface area contributed by atoms with Crippen molar-refractivity contribution in [2.24, 2.45) is 0 Å². The van der Waals surface area contributed by atoms with Gasteiger partial charge in [0.25, 0.3) is 0 Å². The minimum Gasteiger partial charge on any atom is -0.457 e. The smallest absolute Gasteiger partial charge is 0.249 e. The molecule has 12 nitrogen and oxygen atoms in total. The molecule has 1 atom stereocenters. The monoisotopic (exact) mass is 621 g/mol. The summed E-state index contributed by atoms with van der Waals surface area (Å²) in [6, 6.07) is 16.7. The van der Waals surface area contributed by atoms with Crippen LogP contribution in [-0.4, -0.2) is 60.6 Å². The van der Waals surface area contributed by atoms with Crippen molar-refractivity contribution in [2.75, 3.05) is 24.1 Å². The van der Waals surface area contributed by atoms with Crippen molar-refractivity contribution in [3.05, 3.63) is 84.7 Å². The number of hydrogen-bond acceptors (Lipinski definition) is 10. The molecule has 2 saturated heterocycles. The number of halogens is 1. The van der Waals surface area contributed by atoms with E-state index in [2.05, 4.69) is 30.5 Å². The number of carbonyl (C=O) groups excluding carboxylic acids is 2. The normalized spacial score (nSPS) is 17.6. The van der Waals surface area contributed by atoms with Gasteiger partial charge in [-0.1, -0.05) is 18.2 Å². The SMILES string of the molecule is Nc1ncnc2c1c(-c1ccc(Oc3ccccc3)cc1)nn2C1CCN(Cc2cncc(NC3CCC(=O)NC3=O)c2F)CC1. The number of hydrogen-bond donors (Lipinski definition) is 3. The van der Waals surface area contributed by atoms with Crippen molar-refractivity contribution in [1.29, 1.82) is 0 Å². The molecule has 0 radical (unpaired) electrons. The Morgan fingerprint density at radius 2 is 1.74 bits per heavy atom. The Kier molecular flexibility index (Phi) is 7.97. The van der Waals surface area contributed by atoms with Crippen LogP contribution in [-0.2, 0) is 16.1 Å². The molecule has 2 aliphatic rings. The summed E-state index contributed by atoms with van der Waals surface area (Å²) in [5.41, 5.74) is 9.19. The number of piperidine rings is 2. The number of rotatable bonds is 8. The molecule has 2 amide bonds. The summed E-state index contributed by atoms with van der Waals surface area (Å²) < 4.78 is 23.4. The van der Waals surface area contributed by atoms with Gasteiger partial charge < -0.3 is 15.8 Å². The summed E-state index contributed by atoms with van der Waals surface area (Å²) in [5.74, 6) is 0.596. The third-order valence-corrected chi connectivity index (χ3v) is 8.44. The van der Waals surface area contributed by atoms with Gasteiger partial charge in [0.2, 0.25) is 11.8 Å². The maximum absolute atomic E-state index is 15.5. The number of nitrogens with one attached hydrogen (secondary N) is 2. The van der Waals surface area contributed by atoms with Crippen LogP contribution in [0.25, 0.3) is 22.3 Å². The first-order valence-corrected chi connectivity index (χ1v) is 15.2. The maximum Gasteiger partial charge on any atom is 0.249 e. The second-order valence-corrected chi connectivity index (χ2v) is 11.5.